The number of hydrogen-bond acceptors (Lipinski definition) is 6. The van der Waals surface area contributed by atoms with E-state index < -0.39 is 0 Å². The Bertz CT molecular complexity index is 1290. The Morgan fingerprint density at radius 3 is 2.29 bits per heavy atom. The van der Waals surface area contributed by atoms with E-state index in [2.05, 4.69) is 10.3 Å². The topological polar surface area (TPSA) is 87.9 Å². The third-order valence-electron chi connectivity index (χ3n) is 5.12. The molecular formula is C25H20N4O2. The molecule has 0 atom stereocenters. The summed E-state index contributed by atoms with van der Waals surface area (Å²) >= 11 is 0. The Kier molecular flexibility index (Phi) is 5.59. The average molecular weight is 408 g/mol. The lowest BCUT2D eigenvalue weighted by Crippen LogP contribution is -2.04. The van der Waals surface area contributed by atoms with Crippen LogP contribution in [0.15, 0.2) is 67.0 Å². The fourth-order valence-electron chi connectivity index (χ4n) is 3.61. The van der Waals surface area contributed by atoms with Crippen molar-refractivity contribution < 1.29 is 9.53 Å². The molecule has 0 bridgehead atoms. The summed E-state index contributed by atoms with van der Waals surface area (Å²) in [6.45, 7) is 2.03. The summed E-state index contributed by atoms with van der Waals surface area (Å²) in [5.74, 6) is 0.358. The number of rotatable bonds is 6. The molecule has 0 unspecified atom stereocenters. The highest BCUT2D eigenvalue weighted by atomic mass is 16.5. The fourth-order valence-corrected chi connectivity index (χ4v) is 3.61. The first-order chi connectivity index (χ1) is 15.1. The number of benzene rings is 2. The van der Waals surface area contributed by atoms with Crippen LogP contribution < -0.4 is 10.1 Å². The number of carbonyl (C=O) groups excluding carboxylic acids is 1. The Balaban J connectivity index is 1.74. The first-order valence-electron chi connectivity index (χ1n) is 9.76. The van der Waals surface area contributed by atoms with Crippen LogP contribution in [0.25, 0.3) is 33.3 Å². The van der Waals surface area contributed by atoms with Gasteiger partial charge in [0.2, 0.25) is 0 Å². The van der Waals surface area contributed by atoms with Crippen LogP contribution in [0.1, 0.15) is 22.8 Å². The van der Waals surface area contributed by atoms with Gasteiger partial charge in [0.05, 0.1) is 18.2 Å². The largest absolute Gasteiger partial charge is 0.494 e. The summed E-state index contributed by atoms with van der Waals surface area (Å²) in [6.07, 6.45) is 5.23. The Labute approximate surface area is 180 Å². The summed E-state index contributed by atoms with van der Waals surface area (Å²) in [6, 6.07) is 17.8. The molecule has 2 heterocycles. The van der Waals surface area contributed by atoms with E-state index in [0.29, 0.717) is 34.5 Å². The summed E-state index contributed by atoms with van der Waals surface area (Å²) in [7, 11) is 1.55. The normalized spacial score (nSPS) is 10.5. The molecule has 6 nitrogen and oxygen atoms in total. The third kappa shape index (κ3) is 3.94. The van der Waals surface area contributed by atoms with Gasteiger partial charge in [0.25, 0.3) is 0 Å². The van der Waals surface area contributed by atoms with Crippen molar-refractivity contribution in [2.45, 2.75) is 13.5 Å². The molecule has 0 aliphatic carbocycles. The van der Waals surface area contributed by atoms with Crippen LogP contribution in [0.5, 0.6) is 5.75 Å². The number of aromatic nitrogens is 2. The van der Waals surface area contributed by atoms with Crippen LogP contribution in [0.3, 0.4) is 0 Å². The second-order valence-corrected chi connectivity index (χ2v) is 7.06. The molecule has 6 heteroatoms. The number of nitriles is 1. The van der Waals surface area contributed by atoms with Crippen molar-refractivity contribution >= 4 is 16.7 Å². The lowest BCUT2D eigenvalue weighted by atomic mass is 9.98. The smallest absolute Gasteiger partial charge is 0.176 e. The maximum atomic E-state index is 12.4. The molecule has 0 spiro atoms. The van der Waals surface area contributed by atoms with E-state index in [9.17, 15) is 4.79 Å². The Morgan fingerprint density at radius 2 is 1.68 bits per heavy atom. The number of nitrogens with one attached hydrogen (secondary N) is 1. The summed E-state index contributed by atoms with van der Waals surface area (Å²) in [4.78, 5) is 21.3. The molecule has 4 aromatic rings. The molecule has 2 aromatic heterocycles. The number of fused-ring (bicyclic) bond motifs is 1. The highest BCUT2D eigenvalue weighted by Crippen LogP contribution is 2.36. The second-order valence-electron chi connectivity index (χ2n) is 7.06. The molecule has 0 amide bonds. The van der Waals surface area contributed by atoms with Crippen molar-refractivity contribution in [2.75, 3.05) is 7.11 Å². The van der Waals surface area contributed by atoms with Crippen molar-refractivity contribution in [1.82, 2.24) is 15.3 Å². The predicted octanol–water partition coefficient (Wildman–Crippen LogP) is 4.75. The van der Waals surface area contributed by atoms with E-state index in [-0.39, 0.29) is 5.78 Å². The monoisotopic (exact) mass is 408 g/mol. The lowest BCUT2D eigenvalue weighted by molar-refractivity contribution is 0.101. The third-order valence-corrected chi connectivity index (χ3v) is 5.12. The minimum atomic E-state index is -0.0962. The molecule has 0 saturated carbocycles. The van der Waals surface area contributed by atoms with E-state index in [1.54, 1.807) is 25.6 Å². The van der Waals surface area contributed by atoms with E-state index in [1.165, 1.54) is 6.92 Å². The van der Waals surface area contributed by atoms with Crippen molar-refractivity contribution in [3.05, 3.63) is 78.1 Å². The van der Waals surface area contributed by atoms with Crippen LogP contribution in [0, 0.1) is 11.5 Å². The molecular weight excluding hydrogens is 388 g/mol. The van der Waals surface area contributed by atoms with E-state index in [0.717, 1.165) is 22.3 Å². The molecule has 0 aliphatic rings. The zero-order valence-electron chi connectivity index (χ0n) is 17.2. The van der Waals surface area contributed by atoms with Gasteiger partial charge < -0.3 is 10.1 Å². The maximum absolute atomic E-state index is 12.4. The molecule has 0 radical (unpaired) electrons. The number of Topliss-reactive ketones (excluding diaryl/α,β-unsaturated/α-hetero) is 1. The molecule has 31 heavy (non-hydrogen) atoms. The Morgan fingerprint density at radius 1 is 1.03 bits per heavy atom. The first-order valence-corrected chi connectivity index (χ1v) is 9.76. The number of hydrogen-bond donors (Lipinski definition) is 1. The number of ketones is 1. The minimum absolute atomic E-state index is 0.0962. The highest BCUT2D eigenvalue weighted by Gasteiger charge is 2.20. The number of pyridine rings is 2. The standard InChI is InChI=1S/C25H20N4O2/c1-16(30)23-21-14-27-12-11-22(21)29-24(25(23)31-2)20-9-7-19(8-10-20)18-5-3-17(4-6-18)13-28-15-26/h3-12,14,28H,13H2,1-2H3. The number of carbonyl (C=O) groups is 1. The van der Waals surface area contributed by atoms with Crippen LogP contribution in [-0.4, -0.2) is 22.9 Å². The molecule has 1 N–H and O–H groups in total. The average Bonchev–Trinajstić information content (AvgIpc) is 2.81. The maximum Gasteiger partial charge on any atom is 0.176 e. The van der Waals surface area contributed by atoms with Crippen molar-refractivity contribution in [1.29, 1.82) is 5.26 Å². The van der Waals surface area contributed by atoms with Crippen LogP contribution in [-0.2, 0) is 6.54 Å². The van der Waals surface area contributed by atoms with E-state index in [4.69, 9.17) is 15.0 Å². The minimum Gasteiger partial charge on any atom is -0.494 e. The van der Waals surface area contributed by atoms with Gasteiger partial charge in [-0.25, -0.2) is 4.98 Å². The molecule has 4 rings (SSSR count). The molecule has 2 aromatic carbocycles. The lowest BCUT2D eigenvalue weighted by Gasteiger charge is -2.14. The van der Waals surface area contributed by atoms with Gasteiger partial charge in [-0.05, 0) is 29.7 Å². The number of ether oxygens (including phenoxy) is 1. The van der Waals surface area contributed by atoms with Crippen molar-refractivity contribution in [3.8, 4) is 34.3 Å². The molecule has 0 aliphatic heterocycles. The predicted molar refractivity (Wildman–Crippen MR) is 119 cm³/mol. The highest BCUT2D eigenvalue weighted by molar-refractivity contribution is 6.10. The van der Waals surface area contributed by atoms with Gasteiger partial charge in [-0.15, -0.1) is 0 Å². The summed E-state index contributed by atoms with van der Waals surface area (Å²) in [5, 5.41) is 11.9. The van der Waals surface area contributed by atoms with Gasteiger partial charge in [0.15, 0.2) is 17.7 Å². The molecule has 0 fully saturated rings. The van der Waals surface area contributed by atoms with Crippen molar-refractivity contribution in [2.24, 2.45) is 0 Å². The van der Waals surface area contributed by atoms with E-state index in [1.807, 2.05) is 54.7 Å². The van der Waals surface area contributed by atoms with Crippen LogP contribution in [0.4, 0.5) is 0 Å². The first kappa shape index (κ1) is 20.0. The van der Waals surface area contributed by atoms with E-state index >= 15 is 0 Å². The van der Waals surface area contributed by atoms with Crippen molar-refractivity contribution in [3.63, 3.8) is 0 Å². The van der Waals surface area contributed by atoms with Gasteiger partial charge >= 0.3 is 0 Å². The van der Waals surface area contributed by atoms with Gasteiger partial charge in [-0.3, -0.25) is 9.78 Å². The Hall–Kier alpha value is -4.24. The SMILES string of the molecule is COc1c(-c2ccc(-c3ccc(CNC#N)cc3)cc2)nc2ccncc2c1C(C)=O. The number of methoxy groups -OCH3 is 1. The number of nitrogens with zero attached hydrogens (tertiary/aromatic N) is 3. The fraction of sp³-hybridized carbons (Fsp3) is 0.120. The van der Waals surface area contributed by atoms with Crippen LogP contribution >= 0.6 is 0 Å². The molecule has 0 saturated heterocycles. The van der Waals surface area contributed by atoms with Crippen LogP contribution in [0.2, 0.25) is 0 Å². The second kappa shape index (κ2) is 8.64. The molecule has 152 valence electrons. The van der Waals surface area contributed by atoms with Gasteiger partial charge in [-0.2, -0.15) is 5.26 Å². The zero-order valence-corrected chi connectivity index (χ0v) is 17.2. The van der Waals surface area contributed by atoms with Gasteiger partial charge in [-0.1, -0.05) is 48.5 Å². The summed E-state index contributed by atoms with van der Waals surface area (Å²) in [5.41, 5.74) is 5.83. The zero-order chi connectivity index (χ0) is 21.8. The summed E-state index contributed by atoms with van der Waals surface area (Å²) < 4.78 is 5.62. The quantitative estimate of drug-likeness (QED) is 0.281. The van der Waals surface area contributed by atoms with Gasteiger partial charge in [0, 0.05) is 29.9 Å². The van der Waals surface area contributed by atoms with Gasteiger partial charge in [0.1, 0.15) is 5.69 Å².